The molecule has 11 nitrogen and oxygen atoms in total. The van der Waals surface area contributed by atoms with Gasteiger partial charge in [0.1, 0.15) is 24.4 Å². The maximum absolute atomic E-state index is 13.1. The van der Waals surface area contributed by atoms with Gasteiger partial charge in [-0.1, -0.05) is 377 Å². The van der Waals surface area contributed by atoms with Crippen LogP contribution in [0.4, 0.5) is 0 Å². The Morgan fingerprint density at radius 3 is 1.09 bits per heavy atom. The summed E-state index contributed by atoms with van der Waals surface area (Å²) >= 11 is 0. The number of hydrogen-bond donors (Lipinski definition) is 6. The molecule has 0 aromatic carbocycles. The van der Waals surface area contributed by atoms with Crippen LogP contribution in [0.5, 0.6) is 0 Å². The lowest BCUT2D eigenvalue weighted by molar-refractivity contribution is -0.302. The van der Waals surface area contributed by atoms with E-state index >= 15 is 0 Å². The fraction of sp³-hybridized carbons (Fsp3) is 0.882. The first-order valence-electron chi connectivity index (χ1n) is 41.9. The summed E-state index contributed by atoms with van der Waals surface area (Å²) < 4.78 is 16.8. The van der Waals surface area contributed by atoms with Crippen LogP contribution >= 0.6 is 0 Å². The summed E-state index contributed by atoms with van der Waals surface area (Å²) in [5, 5.41) is 54.5. The van der Waals surface area contributed by atoms with Gasteiger partial charge in [-0.3, -0.25) is 9.59 Å². The zero-order chi connectivity index (χ0) is 69.4. The average Bonchev–Trinajstić information content (AvgIpc) is 0.852. The maximum atomic E-state index is 13.1. The Labute approximate surface area is 593 Å². The first kappa shape index (κ1) is 91.6. The van der Waals surface area contributed by atoms with Crippen LogP contribution in [0, 0.1) is 0 Å². The van der Waals surface area contributed by atoms with Gasteiger partial charge in [-0.05, 0) is 77.0 Å². The van der Waals surface area contributed by atoms with Gasteiger partial charge >= 0.3 is 5.97 Å². The number of hydrogen-bond acceptors (Lipinski definition) is 10. The summed E-state index contributed by atoms with van der Waals surface area (Å²) in [6.07, 6.45) is 88.8. The molecule has 1 aliphatic heterocycles. The molecule has 6 N–H and O–H groups in total. The molecule has 7 unspecified atom stereocenters. The third-order valence-corrected chi connectivity index (χ3v) is 19.9. The standard InChI is InChI=1S/C85H159NO10/c1-3-5-7-9-11-13-15-17-18-42-46-49-53-57-61-65-69-73-81(90)94-74-70-66-62-58-54-50-47-44-41-39-37-35-33-31-29-27-25-23-21-19-20-22-24-26-28-30-32-34-36-38-40-43-45-48-52-56-60-64-68-72-80(89)86-77(76-95-85-84(93)83(92)82(91)79(75-87)96-85)78(88)71-67-63-59-55-51-16-14-12-10-8-6-4-2/h19-20,23,25,51,55,67,71,77-79,82-85,87-88,91-93H,3-18,21-22,24,26-50,52-54,56-66,68-70,72-76H2,1-2H3,(H,86,89)/b20-19-,25-23-,55-51+,71-67+. The van der Waals surface area contributed by atoms with Crippen molar-refractivity contribution in [1.82, 2.24) is 5.32 Å². The quantitative estimate of drug-likeness (QED) is 0.0195. The largest absolute Gasteiger partial charge is 0.466 e. The maximum Gasteiger partial charge on any atom is 0.305 e. The number of aliphatic hydroxyl groups excluding tert-OH is 5. The summed E-state index contributed by atoms with van der Waals surface area (Å²) in [5.74, 6) is -0.169. The molecule has 0 saturated carbocycles. The topological polar surface area (TPSA) is 175 Å². The van der Waals surface area contributed by atoms with E-state index in [4.69, 9.17) is 14.2 Å². The van der Waals surface area contributed by atoms with Gasteiger partial charge in [0.05, 0.1) is 32.0 Å². The Morgan fingerprint density at radius 1 is 0.385 bits per heavy atom. The van der Waals surface area contributed by atoms with Gasteiger partial charge in [0, 0.05) is 12.8 Å². The van der Waals surface area contributed by atoms with Crippen molar-refractivity contribution in [3.63, 3.8) is 0 Å². The van der Waals surface area contributed by atoms with Crippen molar-refractivity contribution in [2.45, 2.75) is 461 Å². The molecule has 0 radical (unpaired) electrons. The highest BCUT2D eigenvalue weighted by Crippen LogP contribution is 2.24. The molecule has 0 aromatic heterocycles. The van der Waals surface area contributed by atoms with Crippen LogP contribution < -0.4 is 5.32 Å². The zero-order valence-corrected chi connectivity index (χ0v) is 63.1. The van der Waals surface area contributed by atoms with Crippen LogP contribution in [-0.4, -0.2) is 100 Å². The van der Waals surface area contributed by atoms with Crippen LogP contribution in [0.15, 0.2) is 48.6 Å². The molecule has 1 rings (SSSR count). The Balaban J connectivity index is 1.88. The number of nitrogens with one attached hydrogen (secondary N) is 1. The van der Waals surface area contributed by atoms with E-state index in [1.165, 1.54) is 334 Å². The van der Waals surface area contributed by atoms with Crippen molar-refractivity contribution in [2.75, 3.05) is 19.8 Å². The highest BCUT2D eigenvalue weighted by molar-refractivity contribution is 5.76. The summed E-state index contributed by atoms with van der Waals surface area (Å²) in [4.78, 5) is 25.2. The molecule has 564 valence electrons. The molecule has 0 aromatic rings. The van der Waals surface area contributed by atoms with E-state index in [1.807, 2.05) is 6.08 Å². The Morgan fingerprint density at radius 2 is 0.708 bits per heavy atom. The van der Waals surface area contributed by atoms with Crippen molar-refractivity contribution in [3.05, 3.63) is 48.6 Å². The molecule has 0 spiro atoms. The lowest BCUT2D eigenvalue weighted by Crippen LogP contribution is -2.60. The van der Waals surface area contributed by atoms with E-state index in [1.54, 1.807) is 6.08 Å². The minimum Gasteiger partial charge on any atom is -0.466 e. The molecule has 1 heterocycles. The fourth-order valence-corrected chi connectivity index (χ4v) is 13.4. The molecular formula is C85H159NO10. The van der Waals surface area contributed by atoms with Gasteiger partial charge in [-0.25, -0.2) is 0 Å². The van der Waals surface area contributed by atoms with Gasteiger partial charge in [0.2, 0.25) is 5.91 Å². The SMILES string of the molecule is CCCCCCCC/C=C/CC/C=C/C(O)C(COC1OC(CO)C(O)C(O)C1O)NC(=O)CCCCCCCCCCCCCCCCCCC/C=C\C/C=C\CCCCCCCCCCCCCCCCCOC(=O)CCCCCCCCCCCCCCCCCCC. The third kappa shape index (κ3) is 61.5. The van der Waals surface area contributed by atoms with Gasteiger partial charge in [-0.15, -0.1) is 0 Å². The minimum atomic E-state index is -1.58. The van der Waals surface area contributed by atoms with Crippen molar-refractivity contribution in [1.29, 1.82) is 0 Å². The summed E-state index contributed by atoms with van der Waals surface area (Å²) in [6.45, 7) is 4.37. The van der Waals surface area contributed by atoms with Crippen LogP contribution in [0.3, 0.4) is 0 Å². The summed E-state index contributed by atoms with van der Waals surface area (Å²) in [5.41, 5.74) is 0. The van der Waals surface area contributed by atoms with E-state index in [0.717, 1.165) is 57.8 Å². The molecule has 1 amide bonds. The molecule has 7 atom stereocenters. The number of allylic oxidation sites excluding steroid dienone is 7. The van der Waals surface area contributed by atoms with E-state index in [9.17, 15) is 35.1 Å². The molecule has 0 bridgehead atoms. The Bertz CT molecular complexity index is 1740. The summed E-state index contributed by atoms with van der Waals surface area (Å²) in [7, 11) is 0. The molecule has 1 fully saturated rings. The number of rotatable bonds is 75. The third-order valence-electron chi connectivity index (χ3n) is 19.9. The first-order valence-corrected chi connectivity index (χ1v) is 41.9. The highest BCUT2D eigenvalue weighted by atomic mass is 16.7. The predicted molar refractivity (Wildman–Crippen MR) is 407 cm³/mol. The number of carbonyl (C=O) groups excluding carboxylic acids is 2. The number of ether oxygens (including phenoxy) is 3. The van der Waals surface area contributed by atoms with Gasteiger partial charge < -0.3 is 45.1 Å². The smallest absolute Gasteiger partial charge is 0.305 e. The molecular weight excluding hydrogens is 1190 g/mol. The van der Waals surface area contributed by atoms with Crippen LogP contribution in [-0.2, 0) is 23.8 Å². The number of aliphatic hydroxyl groups is 5. The second-order valence-electron chi connectivity index (χ2n) is 29.2. The number of amides is 1. The van der Waals surface area contributed by atoms with Gasteiger partial charge in [0.25, 0.3) is 0 Å². The Hall–Kier alpha value is -2.38. The lowest BCUT2D eigenvalue weighted by atomic mass is 9.99. The minimum absolute atomic E-state index is 0.0191. The van der Waals surface area contributed by atoms with E-state index < -0.39 is 49.5 Å². The normalized spacial score (nSPS) is 17.5. The number of esters is 1. The van der Waals surface area contributed by atoms with E-state index in [0.29, 0.717) is 19.4 Å². The Kier molecular flexibility index (Phi) is 70.5. The van der Waals surface area contributed by atoms with Crippen LogP contribution in [0.2, 0.25) is 0 Å². The predicted octanol–water partition coefficient (Wildman–Crippen LogP) is 23.0. The zero-order valence-electron chi connectivity index (χ0n) is 63.1. The molecule has 1 aliphatic rings. The van der Waals surface area contributed by atoms with Crippen molar-refractivity contribution >= 4 is 11.9 Å². The summed E-state index contributed by atoms with van der Waals surface area (Å²) in [6, 6.07) is -0.825. The second kappa shape index (κ2) is 73.8. The van der Waals surface area contributed by atoms with E-state index in [-0.39, 0.29) is 18.5 Å². The van der Waals surface area contributed by atoms with Gasteiger partial charge in [-0.2, -0.15) is 0 Å². The molecule has 11 heteroatoms. The van der Waals surface area contributed by atoms with Crippen molar-refractivity contribution in [2.24, 2.45) is 0 Å². The second-order valence-corrected chi connectivity index (χ2v) is 29.2. The van der Waals surface area contributed by atoms with Crippen molar-refractivity contribution in [3.8, 4) is 0 Å². The average molecular weight is 1360 g/mol. The highest BCUT2D eigenvalue weighted by Gasteiger charge is 2.44. The van der Waals surface area contributed by atoms with Gasteiger partial charge in [0.15, 0.2) is 6.29 Å². The molecule has 0 aliphatic carbocycles. The van der Waals surface area contributed by atoms with Crippen molar-refractivity contribution < 1.29 is 49.3 Å². The van der Waals surface area contributed by atoms with Crippen LogP contribution in [0.25, 0.3) is 0 Å². The molecule has 96 heavy (non-hydrogen) atoms. The fourth-order valence-electron chi connectivity index (χ4n) is 13.4. The first-order chi connectivity index (χ1) is 47.2. The monoisotopic (exact) mass is 1350 g/mol. The lowest BCUT2D eigenvalue weighted by Gasteiger charge is -2.40. The van der Waals surface area contributed by atoms with E-state index in [2.05, 4.69) is 55.6 Å². The van der Waals surface area contributed by atoms with Crippen LogP contribution in [0.1, 0.15) is 418 Å². The molecule has 1 saturated heterocycles. The number of carbonyl (C=O) groups is 2. The number of unbranched alkanes of at least 4 members (excludes halogenated alkanes) is 55.